The second-order valence-electron chi connectivity index (χ2n) is 8.67. The molecule has 6 heteroatoms. The van der Waals surface area contributed by atoms with Crippen LogP contribution in [0.3, 0.4) is 0 Å². The van der Waals surface area contributed by atoms with Crippen molar-refractivity contribution in [1.29, 1.82) is 0 Å². The molecule has 0 radical (unpaired) electrons. The standard InChI is InChI=1S/C25H34ClN3O2/c1-18(2)12-13-27-25(30)24-14-21(28-15-19-8-10-22(31-3)11-9-19)17-29(24)16-20-6-4-5-7-23(20)26/h4-11,18,21,24,28H,12-17H2,1-3H3,(H,27,30)/t21-,24-/m0/s1. The van der Waals surface area contributed by atoms with Gasteiger partial charge in [-0.15, -0.1) is 0 Å². The topological polar surface area (TPSA) is 53.6 Å². The number of rotatable bonds is 10. The van der Waals surface area contributed by atoms with Crippen LogP contribution in [-0.2, 0) is 17.9 Å². The van der Waals surface area contributed by atoms with E-state index in [0.717, 1.165) is 48.8 Å². The first kappa shape index (κ1) is 23.6. The number of amides is 1. The Bertz CT molecular complexity index is 841. The molecular weight excluding hydrogens is 410 g/mol. The van der Waals surface area contributed by atoms with Gasteiger partial charge in [-0.3, -0.25) is 9.69 Å². The first-order chi connectivity index (χ1) is 15.0. The Morgan fingerprint density at radius 2 is 1.94 bits per heavy atom. The predicted octanol–water partition coefficient (Wildman–Crippen LogP) is 4.24. The van der Waals surface area contributed by atoms with Gasteiger partial charge in [-0.2, -0.15) is 0 Å². The van der Waals surface area contributed by atoms with Crippen LogP contribution in [0.5, 0.6) is 5.75 Å². The van der Waals surface area contributed by atoms with Gasteiger partial charge in [-0.25, -0.2) is 0 Å². The number of nitrogens with one attached hydrogen (secondary N) is 2. The lowest BCUT2D eigenvalue weighted by Gasteiger charge is -2.24. The molecule has 2 atom stereocenters. The van der Waals surface area contributed by atoms with Gasteiger partial charge in [0.05, 0.1) is 13.2 Å². The van der Waals surface area contributed by atoms with E-state index >= 15 is 0 Å². The SMILES string of the molecule is COc1ccc(CN[C@H]2C[C@@H](C(=O)NCCC(C)C)N(Cc3ccccc3Cl)C2)cc1. The molecule has 168 valence electrons. The molecule has 5 nitrogen and oxygen atoms in total. The van der Waals surface area contributed by atoms with E-state index in [9.17, 15) is 4.79 Å². The molecule has 1 heterocycles. The summed E-state index contributed by atoms with van der Waals surface area (Å²) < 4.78 is 5.23. The van der Waals surface area contributed by atoms with Gasteiger partial charge in [0.25, 0.3) is 0 Å². The maximum atomic E-state index is 13.0. The first-order valence-electron chi connectivity index (χ1n) is 11.1. The fraction of sp³-hybridized carbons (Fsp3) is 0.480. The molecule has 1 aliphatic heterocycles. The van der Waals surface area contributed by atoms with Crippen LogP contribution < -0.4 is 15.4 Å². The minimum atomic E-state index is -0.156. The maximum Gasteiger partial charge on any atom is 0.237 e. The quantitative estimate of drug-likeness (QED) is 0.576. The van der Waals surface area contributed by atoms with Crippen LogP contribution in [0.15, 0.2) is 48.5 Å². The number of hydrogen-bond acceptors (Lipinski definition) is 4. The molecule has 3 rings (SSSR count). The highest BCUT2D eigenvalue weighted by atomic mass is 35.5. The van der Waals surface area contributed by atoms with Crippen molar-refractivity contribution in [2.75, 3.05) is 20.2 Å². The lowest BCUT2D eigenvalue weighted by atomic mass is 10.1. The second kappa shape index (κ2) is 11.5. The van der Waals surface area contributed by atoms with Gasteiger partial charge >= 0.3 is 0 Å². The van der Waals surface area contributed by atoms with Gasteiger partial charge in [0.2, 0.25) is 5.91 Å². The molecule has 1 amide bonds. The highest BCUT2D eigenvalue weighted by Crippen LogP contribution is 2.25. The molecule has 1 saturated heterocycles. The molecule has 2 N–H and O–H groups in total. The van der Waals surface area contributed by atoms with Crippen LogP contribution >= 0.6 is 11.6 Å². The van der Waals surface area contributed by atoms with Gasteiger partial charge in [0, 0.05) is 37.2 Å². The van der Waals surface area contributed by atoms with Gasteiger partial charge in [-0.1, -0.05) is 55.8 Å². The zero-order chi connectivity index (χ0) is 22.2. The molecule has 2 aromatic carbocycles. The minimum Gasteiger partial charge on any atom is -0.497 e. The number of hydrogen-bond donors (Lipinski definition) is 2. The third-order valence-corrected chi connectivity index (χ3v) is 6.18. The molecule has 0 saturated carbocycles. The Morgan fingerprint density at radius 1 is 1.19 bits per heavy atom. The van der Waals surface area contributed by atoms with Crippen LogP contribution in [-0.4, -0.2) is 43.1 Å². The monoisotopic (exact) mass is 443 g/mol. The number of methoxy groups -OCH3 is 1. The van der Waals surface area contributed by atoms with Gasteiger partial charge in [-0.05, 0) is 48.1 Å². The number of halogens is 1. The van der Waals surface area contributed by atoms with E-state index in [1.54, 1.807) is 7.11 Å². The molecule has 31 heavy (non-hydrogen) atoms. The van der Waals surface area contributed by atoms with E-state index in [1.165, 1.54) is 5.56 Å². The van der Waals surface area contributed by atoms with Crippen molar-refractivity contribution in [3.05, 3.63) is 64.7 Å². The largest absolute Gasteiger partial charge is 0.497 e. The molecule has 0 aliphatic carbocycles. The Kier molecular flexibility index (Phi) is 8.76. The van der Waals surface area contributed by atoms with Crippen molar-refractivity contribution in [3.63, 3.8) is 0 Å². The smallest absolute Gasteiger partial charge is 0.237 e. The summed E-state index contributed by atoms with van der Waals surface area (Å²) in [6.45, 7) is 7.30. The van der Waals surface area contributed by atoms with E-state index in [1.807, 2.05) is 36.4 Å². The van der Waals surface area contributed by atoms with E-state index in [-0.39, 0.29) is 18.0 Å². The molecule has 0 aromatic heterocycles. The third kappa shape index (κ3) is 6.96. The van der Waals surface area contributed by atoms with Gasteiger partial charge in [0.15, 0.2) is 0 Å². The van der Waals surface area contributed by atoms with Gasteiger partial charge in [0.1, 0.15) is 5.75 Å². The van der Waals surface area contributed by atoms with E-state index in [0.29, 0.717) is 12.5 Å². The van der Waals surface area contributed by atoms with Crippen LogP contribution in [0.2, 0.25) is 5.02 Å². The number of nitrogens with zero attached hydrogens (tertiary/aromatic N) is 1. The highest BCUT2D eigenvalue weighted by Gasteiger charge is 2.36. The van der Waals surface area contributed by atoms with Crippen molar-refractivity contribution in [3.8, 4) is 5.75 Å². The molecule has 0 spiro atoms. The van der Waals surface area contributed by atoms with E-state index in [4.69, 9.17) is 16.3 Å². The summed E-state index contributed by atoms with van der Waals surface area (Å²) in [6.07, 6.45) is 1.77. The normalized spacial score (nSPS) is 19.0. The Morgan fingerprint density at radius 3 is 2.61 bits per heavy atom. The average molecular weight is 444 g/mol. The zero-order valence-corrected chi connectivity index (χ0v) is 19.5. The summed E-state index contributed by atoms with van der Waals surface area (Å²) in [6, 6.07) is 16.0. The van der Waals surface area contributed by atoms with Crippen LogP contribution in [0.25, 0.3) is 0 Å². The second-order valence-corrected chi connectivity index (χ2v) is 9.08. The van der Waals surface area contributed by atoms with Gasteiger partial charge < -0.3 is 15.4 Å². The third-order valence-electron chi connectivity index (χ3n) is 5.81. The fourth-order valence-electron chi connectivity index (χ4n) is 3.95. The molecule has 0 bridgehead atoms. The van der Waals surface area contributed by atoms with Crippen molar-refractivity contribution in [2.45, 2.75) is 51.9 Å². The predicted molar refractivity (Wildman–Crippen MR) is 126 cm³/mol. The number of likely N-dealkylation sites (tertiary alicyclic amines) is 1. The first-order valence-corrected chi connectivity index (χ1v) is 11.5. The average Bonchev–Trinajstić information content (AvgIpc) is 3.17. The van der Waals surface area contributed by atoms with Crippen molar-refractivity contribution in [1.82, 2.24) is 15.5 Å². The maximum absolute atomic E-state index is 13.0. The zero-order valence-electron chi connectivity index (χ0n) is 18.7. The number of carbonyl (C=O) groups is 1. The van der Waals surface area contributed by atoms with Crippen LogP contribution in [0, 0.1) is 5.92 Å². The van der Waals surface area contributed by atoms with Crippen molar-refractivity contribution < 1.29 is 9.53 Å². The summed E-state index contributed by atoms with van der Waals surface area (Å²) in [5, 5.41) is 7.51. The summed E-state index contributed by atoms with van der Waals surface area (Å²) in [4.78, 5) is 15.2. The Hall–Kier alpha value is -2.08. The van der Waals surface area contributed by atoms with Crippen molar-refractivity contribution >= 4 is 17.5 Å². The number of ether oxygens (including phenoxy) is 1. The fourth-order valence-corrected chi connectivity index (χ4v) is 4.15. The summed E-state index contributed by atoms with van der Waals surface area (Å²) in [7, 11) is 1.67. The lowest BCUT2D eigenvalue weighted by molar-refractivity contribution is -0.125. The molecule has 0 unspecified atom stereocenters. The van der Waals surface area contributed by atoms with Crippen LogP contribution in [0.1, 0.15) is 37.8 Å². The van der Waals surface area contributed by atoms with E-state index < -0.39 is 0 Å². The molecule has 2 aromatic rings. The molecular formula is C25H34ClN3O2. The molecule has 1 aliphatic rings. The lowest BCUT2D eigenvalue weighted by Crippen LogP contribution is -2.43. The van der Waals surface area contributed by atoms with Crippen molar-refractivity contribution in [2.24, 2.45) is 5.92 Å². The summed E-state index contributed by atoms with van der Waals surface area (Å²) in [5.74, 6) is 1.54. The van der Waals surface area contributed by atoms with Crippen LogP contribution in [0.4, 0.5) is 0 Å². The highest BCUT2D eigenvalue weighted by molar-refractivity contribution is 6.31. The summed E-state index contributed by atoms with van der Waals surface area (Å²) >= 11 is 6.40. The Labute approximate surface area is 191 Å². The minimum absolute atomic E-state index is 0.112. The number of benzene rings is 2. The Balaban J connectivity index is 1.63. The number of carbonyl (C=O) groups excluding carboxylic acids is 1. The van der Waals surface area contributed by atoms with E-state index in [2.05, 4.69) is 41.5 Å². The summed E-state index contributed by atoms with van der Waals surface area (Å²) in [5.41, 5.74) is 2.25. The molecule has 1 fully saturated rings.